The Morgan fingerprint density at radius 1 is 1.33 bits per heavy atom. The molecule has 0 unspecified atom stereocenters. The van der Waals surface area contributed by atoms with E-state index in [0.717, 1.165) is 6.07 Å². The van der Waals surface area contributed by atoms with Crippen LogP contribution < -0.4 is 5.43 Å². The van der Waals surface area contributed by atoms with Crippen molar-refractivity contribution in [1.82, 2.24) is 5.43 Å². The van der Waals surface area contributed by atoms with Crippen molar-refractivity contribution in [2.45, 2.75) is 6.92 Å². The molecular weight excluding hydrogens is 278 g/mol. The molecular formula is C13H11N3O5. The van der Waals surface area contributed by atoms with Crippen LogP contribution in [0.25, 0.3) is 0 Å². The predicted octanol–water partition coefficient (Wildman–Crippen LogP) is 2.05. The first kappa shape index (κ1) is 14.3. The van der Waals surface area contributed by atoms with Crippen LogP contribution in [-0.2, 0) is 0 Å². The van der Waals surface area contributed by atoms with Crippen LogP contribution in [-0.4, -0.2) is 21.6 Å². The number of para-hydroxylation sites is 1. The summed E-state index contributed by atoms with van der Waals surface area (Å²) in [6, 6.07) is 8.76. The van der Waals surface area contributed by atoms with Gasteiger partial charge < -0.3 is 9.52 Å². The standard InChI is InChI=1S/C13H11N3O5/c1-8(9-4-2-3-5-10(9)17)14-15-13(18)11-6-7-12(21-11)16(19)20/h2-7,17H,1H3,(H,15,18)/b14-8-. The van der Waals surface area contributed by atoms with Crippen LogP contribution in [0.1, 0.15) is 23.0 Å². The maximum atomic E-state index is 11.7. The Hall–Kier alpha value is -3.16. The summed E-state index contributed by atoms with van der Waals surface area (Å²) in [5.74, 6) is -1.45. The van der Waals surface area contributed by atoms with Crippen molar-refractivity contribution in [3.05, 3.63) is 57.8 Å². The molecule has 8 heteroatoms. The van der Waals surface area contributed by atoms with Gasteiger partial charge in [0.25, 0.3) is 0 Å². The number of carbonyl (C=O) groups is 1. The Bertz CT molecular complexity index is 720. The van der Waals surface area contributed by atoms with E-state index in [-0.39, 0.29) is 11.5 Å². The minimum Gasteiger partial charge on any atom is -0.507 e. The first-order chi connectivity index (χ1) is 9.99. The molecule has 0 fully saturated rings. The second kappa shape index (κ2) is 5.87. The lowest BCUT2D eigenvalue weighted by molar-refractivity contribution is -0.402. The maximum absolute atomic E-state index is 11.7. The summed E-state index contributed by atoms with van der Waals surface area (Å²) in [5.41, 5.74) is 3.04. The average molecular weight is 289 g/mol. The van der Waals surface area contributed by atoms with Crippen molar-refractivity contribution < 1.29 is 19.2 Å². The highest BCUT2D eigenvalue weighted by Crippen LogP contribution is 2.17. The van der Waals surface area contributed by atoms with E-state index >= 15 is 0 Å². The Morgan fingerprint density at radius 2 is 2.05 bits per heavy atom. The number of carbonyl (C=O) groups excluding carboxylic acids is 1. The lowest BCUT2D eigenvalue weighted by Crippen LogP contribution is -2.18. The Labute approximate surface area is 118 Å². The zero-order valence-electron chi connectivity index (χ0n) is 10.9. The number of amides is 1. The number of hydrogen-bond donors (Lipinski definition) is 2. The fraction of sp³-hybridized carbons (Fsp3) is 0.0769. The highest BCUT2D eigenvalue weighted by Gasteiger charge is 2.17. The summed E-state index contributed by atoms with van der Waals surface area (Å²) in [6.07, 6.45) is 0. The fourth-order valence-corrected chi connectivity index (χ4v) is 1.58. The number of nitrogens with zero attached hydrogens (tertiary/aromatic N) is 2. The number of hydrogen-bond acceptors (Lipinski definition) is 6. The molecule has 0 atom stereocenters. The Morgan fingerprint density at radius 3 is 2.67 bits per heavy atom. The van der Waals surface area contributed by atoms with Crippen LogP contribution in [0.2, 0.25) is 0 Å². The smallest absolute Gasteiger partial charge is 0.433 e. The summed E-state index contributed by atoms with van der Waals surface area (Å²) < 4.78 is 4.74. The van der Waals surface area contributed by atoms with Gasteiger partial charge in [-0.15, -0.1) is 0 Å². The topological polar surface area (TPSA) is 118 Å². The molecule has 1 amide bonds. The van der Waals surface area contributed by atoms with Gasteiger partial charge in [0.1, 0.15) is 10.7 Å². The molecule has 1 aromatic heterocycles. The number of nitrogens with one attached hydrogen (secondary N) is 1. The first-order valence-electron chi connectivity index (χ1n) is 5.86. The molecule has 0 aliphatic carbocycles. The van der Waals surface area contributed by atoms with Crippen molar-refractivity contribution in [1.29, 1.82) is 0 Å². The van der Waals surface area contributed by atoms with E-state index in [1.54, 1.807) is 25.1 Å². The van der Waals surface area contributed by atoms with Gasteiger partial charge in [0.05, 0.1) is 11.8 Å². The largest absolute Gasteiger partial charge is 0.507 e. The Balaban J connectivity index is 2.11. The van der Waals surface area contributed by atoms with Gasteiger partial charge in [-0.1, -0.05) is 12.1 Å². The van der Waals surface area contributed by atoms with E-state index in [2.05, 4.69) is 10.5 Å². The molecule has 8 nitrogen and oxygen atoms in total. The van der Waals surface area contributed by atoms with E-state index in [1.807, 2.05) is 0 Å². The second-order valence-electron chi connectivity index (χ2n) is 4.05. The normalized spacial score (nSPS) is 11.2. The van der Waals surface area contributed by atoms with Crippen LogP contribution in [0.3, 0.4) is 0 Å². The molecule has 2 aromatic rings. The van der Waals surface area contributed by atoms with Gasteiger partial charge in [-0.25, -0.2) is 5.43 Å². The maximum Gasteiger partial charge on any atom is 0.433 e. The fourth-order valence-electron chi connectivity index (χ4n) is 1.58. The highest BCUT2D eigenvalue weighted by molar-refractivity contribution is 6.02. The quantitative estimate of drug-likeness (QED) is 0.507. The van der Waals surface area contributed by atoms with Crippen LogP contribution in [0.15, 0.2) is 45.9 Å². The molecule has 0 saturated heterocycles. The van der Waals surface area contributed by atoms with Gasteiger partial charge in [-0.05, 0) is 25.1 Å². The number of hydrazone groups is 1. The second-order valence-corrected chi connectivity index (χ2v) is 4.05. The van der Waals surface area contributed by atoms with Crippen molar-refractivity contribution in [2.75, 3.05) is 0 Å². The molecule has 0 aliphatic heterocycles. The number of benzene rings is 1. The van der Waals surface area contributed by atoms with Crippen LogP contribution in [0.4, 0.5) is 5.88 Å². The van der Waals surface area contributed by atoms with Crippen LogP contribution >= 0.6 is 0 Å². The molecule has 108 valence electrons. The van der Waals surface area contributed by atoms with Gasteiger partial charge in [0.2, 0.25) is 5.76 Å². The van der Waals surface area contributed by atoms with Gasteiger partial charge in [0.15, 0.2) is 0 Å². The molecule has 2 N–H and O–H groups in total. The average Bonchev–Trinajstić information content (AvgIpc) is 2.95. The number of furan rings is 1. The summed E-state index contributed by atoms with van der Waals surface area (Å²) >= 11 is 0. The predicted molar refractivity (Wildman–Crippen MR) is 73.1 cm³/mol. The molecule has 0 spiro atoms. The third-order valence-electron chi connectivity index (χ3n) is 2.61. The highest BCUT2D eigenvalue weighted by atomic mass is 16.6. The molecule has 0 bridgehead atoms. The number of phenolic OH excluding ortho intramolecular Hbond substituents is 1. The van der Waals surface area contributed by atoms with Crippen LogP contribution in [0.5, 0.6) is 5.75 Å². The number of aromatic hydroxyl groups is 1. The van der Waals surface area contributed by atoms with Gasteiger partial charge in [-0.3, -0.25) is 14.9 Å². The van der Waals surface area contributed by atoms with E-state index in [9.17, 15) is 20.0 Å². The molecule has 2 rings (SSSR count). The lowest BCUT2D eigenvalue weighted by atomic mass is 10.1. The zero-order chi connectivity index (χ0) is 15.4. The molecule has 1 heterocycles. The van der Waals surface area contributed by atoms with Gasteiger partial charge in [0, 0.05) is 5.56 Å². The van der Waals surface area contributed by atoms with Crippen molar-refractivity contribution in [3.63, 3.8) is 0 Å². The van der Waals surface area contributed by atoms with Crippen molar-refractivity contribution in [2.24, 2.45) is 5.10 Å². The number of nitro groups is 1. The van der Waals surface area contributed by atoms with Crippen molar-refractivity contribution >= 4 is 17.5 Å². The monoisotopic (exact) mass is 289 g/mol. The van der Waals surface area contributed by atoms with Crippen molar-refractivity contribution in [3.8, 4) is 5.75 Å². The van der Waals surface area contributed by atoms with Gasteiger partial charge in [-0.2, -0.15) is 5.10 Å². The summed E-state index contributed by atoms with van der Waals surface area (Å²) in [5, 5.41) is 23.9. The minimum atomic E-state index is -0.743. The minimum absolute atomic E-state index is 0.0293. The summed E-state index contributed by atoms with van der Waals surface area (Å²) in [4.78, 5) is 21.4. The summed E-state index contributed by atoms with van der Waals surface area (Å²) in [7, 11) is 0. The van der Waals surface area contributed by atoms with E-state index in [1.165, 1.54) is 12.1 Å². The molecule has 0 saturated carbocycles. The SMILES string of the molecule is C/C(=N/NC(=O)c1ccc([N+](=O)[O-])o1)c1ccccc1O. The third-order valence-corrected chi connectivity index (χ3v) is 2.61. The third kappa shape index (κ3) is 3.24. The molecule has 0 radical (unpaired) electrons. The van der Waals surface area contributed by atoms with Gasteiger partial charge >= 0.3 is 11.8 Å². The van der Waals surface area contributed by atoms with E-state index in [0.29, 0.717) is 11.3 Å². The number of phenols is 1. The van der Waals surface area contributed by atoms with E-state index < -0.39 is 16.7 Å². The summed E-state index contributed by atoms with van der Waals surface area (Å²) in [6.45, 7) is 1.60. The first-order valence-corrected chi connectivity index (χ1v) is 5.86. The van der Waals surface area contributed by atoms with Crippen LogP contribution in [0, 0.1) is 10.1 Å². The van der Waals surface area contributed by atoms with E-state index in [4.69, 9.17) is 4.42 Å². The Kier molecular flexibility index (Phi) is 3.98. The molecule has 0 aliphatic rings. The number of rotatable bonds is 4. The molecule has 21 heavy (non-hydrogen) atoms. The lowest BCUT2D eigenvalue weighted by Gasteiger charge is -2.03. The molecule has 1 aromatic carbocycles. The zero-order valence-corrected chi connectivity index (χ0v) is 10.9.